The Morgan fingerprint density at radius 3 is 2.21 bits per heavy atom. The Labute approximate surface area is 120 Å². The van der Waals surface area contributed by atoms with Crippen LogP contribution < -0.4 is 0 Å². The third kappa shape index (κ3) is 5.43. The van der Waals surface area contributed by atoms with Crippen LogP contribution in [0.3, 0.4) is 0 Å². The second-order valence-corrected chi connectivity index (χ2v) is 6.71. The highest BCUT2D eigenvalue weighted by Gasteiger charge is 2.31. The van der Waals surface area contributed by atoms with Crippen LogP contribution in [0, 0.1) is 0 Å². The normalized spacial score (nSPS) is 19.9. The van der Waals surface area contributed by atoms with Crippen LogP contribution in [0.4, 0.5) is 0 Å². The fourth-order valence-corrected chi connectivity index (χ4v) is 2.98. The quantitative estimate of drug-likeness (QED) is 0.553. The first-order valence-corrected chi connectivity index (χ1v) is 8.51. The zero-order chi connectivity index (χ0) is 14.3. The van der Waals surface area contributed by atoms with Crippen molar-refractivity contribution < 1.29 is 4.84 Å². The lowest BCUT2D eigenvalue weighted by Crippen LogP contribution is -2.48. The molecule has 0 amide bonds. The molecule has 1 aliphatic rings. The summed E-state index contributed by atoms with van der Waals surface area (Å²) in [5.41, 5.74) is -0.0292. The fraction of sp³-hybridized carbons (Fsp3) is 1.00. The minimum absolute atomic E-state index is 0.0292. The van der Waals surface area contributed by atoms with E-state index in [9.17, 15) is 0 Å². The number of hydroxylamine groups is 2. The van der Waals surface area contributed by atoms with E-state index in [-0.39, 0.29) is 5.60 Å². The van der Waals surface area contributed by atoms with Gasteiger partial charge in [-0.05, 0) is 46.0 Å². The van der Waals surface area contributed by atoms with E-state index in [1.165, 1.54) is 51.4 Å². The summed E-state index contributed by atoms with van der Waals surface area (Å²) in [6.07, 6.45) is 11.6. The zero-order valence-corrected chi connectivity index (χ0v) is 13.9. The highest BCUT2D eigenvalue weighted by atomic mass is 16.7. The van der Waals surface area contributed by atoms with E-state index in [1.54, 1.807) is 0 Å². The average Bonchev–Trinajstić information content (AvgIpc) is 2.43. The van der Waals surface area contributed by atoms with Crippen LogP contribution in [0.1, 0.15) is 92.4 Å². The van der Waals surface area contributed by atoms with Gasteiger partial charge in [0.15, 0.2) is 0 Å². The minimum Gasteiger partial charge on any atom is -0.292 e. The van der Waals surface area contributed by atoms with E-state index >= 15 is 0 Å². The van der Waals surface area contributed by atoms with E-state index in [1.807, 2.05) is 0 Å². The van der Waals surface area contributed by atoms with Crippen molar-refractivity contribution in [2.45, 2.75) is 110 Å². The van der Waals surface area contributed by atoms with Crippen molar-refractivity contribution in [1.82, 2.24) is 5.06 Å². The molecule has 0 bridgehead atoms. The summed E-state index contributed by atoms with van der Waals surface area (Å²) in [5.74, 6) is 0. The number of hydrogen-bond acceptors (Lipinski definition) is 2. The van der Waals surface area contributed by atoms with Gasteiger partial charge in [-0.3, -0.25) is 4.84 Å². The molecule has 1 aliphatic carbocycles. The Kier molecular flexibility index (Phi) is 7.38. The molecule has 0 radical (unpaired) electrons. The molecule has 0 aromatic rings. The van der Waals surface area contributed by atoms with Crippen molar-refractivity contribution in [2.24, 2.45) is 0 Å². The van der Waals surface area contributed by atoms with Crippen LogP contribution in [0.15, 0.2) is 0 Å². The lowest BCUT2D eigenvalue weighted by atomic mass is 9.93. The Morgan fingerprint density at radius 1 is 1.11 bits per heavy atom. The van der Waals surface area contributed by atoms with Gasteiger partial charge in [-0.25, -0.2) is 0 Å². The molecule has 0 aromatic heterocycles. The maximum atomic E-state index is 6.47. The summed E-state index contributed by atoms with van der Waals surface area (Å²) in [4.78, 5) is 6.47. The van der Waals surface area contributed by atoms with Gasteiger partial charge in [0.1, 0.15) is 0 Å². The molecule has 0 spiro atoms. The van der Waals surface area contributed by atoms with Crippen molar-refractivity contribution >= 4 is 0 Å². The summed E-state index contributed by atoms with van der Waals surface area (Å²) in [6, 6.07) is 1.25. The zero-order valence-electron chi connectivity index (χ0n) is 13.9. The molecule has 0 aromatic carbocycles. The van der Waals surface area contributed by atoms with Gasteiger partial charge >= 0.3 is 0 Å². The van der Waals surface area contributed by atoms with Crippen molar-refractivity contribution in [1.29, 1.82) is 0 Å². The molecule has 0 N–H and O–H groups in total. The van der Waals surface area contributed by atoms with Crippen LogP contribution in [0.5, 0.6) is 0 Å². The van der Waals surface area contributed by atoms with Crippen LogP contribution in [0.2, 0.25) is 0 Å². The molecule has 2 nitrogen and oxygen atoms in total. The first-order valence-electron chi connectivity index (χ1n) is 8.51. The third-order valence-corrected chi connectivity index (χ3v) is 4.59. The molecule has 0 aliphatic heterocycles. The van der Waals surface area contributed by atoms with Crippen molar-refractivity contribution in [3.8, 4) is 0 Å². The molecule has 19 heavy (non-hydrogen) atoms. The summed E-state index contributed by atoms with van der Waals surface area (Å²) < 4.78 is 0. The smallest absolute Gasteiger partial charge is 0.0841 e. The van der Waals surface area contributed by atoms with Gasteiger partial charge in [0.25, 0.3) is 0 Å². The van der Waals surface area contributed by atoms with E-state index in [0.29, 0.717) is 12.1 Å². The molecular weight excluding hydrogens is 234 g/mol. The maximum Gasteiger partial charge on any atom is 0.0841 e. The molecule has 0 saturated heterocycles. The monoisotopic (exact) mass is 269 g/mol. The second-order valence-electron chi connectivity index (χ2n) is 6.71. The predicted octanol–water partition coefficient (Wildman–Crippen LogP) is 5.32. The van der Waals surface area contributed by atoms with Crippen LogP contribution in [-0.2, 0) is 4.84 Å². The molecule has 0 heterocycles. The Balaban J connectivity index is 2.75. The maximum absolute atomic E-state index is 6.47. The lowest BCUT2D eigenvalue weighted by Gasteiger charge is -2.43. The Morgan fingerprint density at radius 2 is 1.74 bits per heavy atom. The summed E-state index contributed by atoms with van der Waals surface area (Å²) in [6.45, 7) is 11.3. The number of rotatable bonds is 8. The van der Waals surface area contributed by atoms with E-state index < -0.39 is 0 Å². The van der Waals surface area contributed by atoms with Gasteiger partial charge in [0, 0.05) is 12.1 Å². The van der Waals surface area contributed by atoms with Crippen LogP contribution in [0.25, 0.3) is 0 Å². The number of nitrogens with zero attached hydrogens (tertiary/aromatic N) is 1. The van der Waals surface area contributed by atoms with Crippen LogP contribution in [-0.4, -0.2) is 22.7 Å². The van der Waals surface area contributed by atoms with Gasteiger partial charge < -0.3 is 0 Å². The predicted molar refractivity (Wildman–Crippen MR) is 83.2 cm³/mol. The standard InChI is InChI=1S/C17H35NO/c1-6-12-15(7-2)18(19-17(4,5)8-3)16-13-10-9-11-14-16/h15-16H,6-14H2,1-5H3. The highest BCUT2D eigenvalue weighted by Crippen LogP contribution is 2.30. The molecule has 1 atom stereocenters. The van der Waals surface area contributed by atoms with Gasteiger partial charge in [-0.1, -0.05) is 46.5 Å². The molecule has 114 valence electrons. The van der Waals surface area contributed by atoms with Crippen molar-refractivity contribution in [2.75, 3.05) is 0 Å². The lowest BCUT2D eigenvalue weighted by molar-refractivity contribution is -0.281. The minimum atomic E-state index is -0.0292. The van der Waals surface area contributed by atoms with Crippen molar-refractivity contribution in [3.05, 3.63) is 0 Å². The highest BCUT2D eigenvalue weighted by molar-refractivity contribution is 4.78. The van der Waals surface area contributed by atoms with E-state index in [2.05, 4.69) is 39.7 Å². The number of hydrogen-bond donors (Lipinski definition) is 0. The molecule has 1 unspecified atom stereocenters. The van der Waals surface area contributed by atoms with Crippen LogP contribution >= 0.6 is 0 Å². The van der Waals surface area contributed by atoms with Crippen molar-refractivity contribution in [3.63, 3.8) is 0 Å². The van der Waals surface area contributed by atoms with Gasteiger partial charge in [-0.2, -0.15) is 5.06 Å². The first kappa shape index (κ1) is 17.0. The Bertz CT molecular complexity index is 229. The molecular formula is C17H35NO. The molecule has 1 fully saturated rings. The fourth-order valence-electron chi connectivity index (χ4n) is 2.98. The van der Waals surface area contributed by atoms with Gasteiger partial charge in [0.2, 0.25) is 0 Å². The summed E-state index contributed by atoms with van der Waals surface area (Å²) in [5, 5.41) is 2.41. The second kappa shape index (κ2) is 8.26. The first-order chi connectivity index (χ1) is 9.04. The topological polar surface area (TPSA) is 12.5 Å². The molecule has 2 heteroatoms. The average molecular weight is 269 g/mol. The van der Waals surface area contributed by atoms with E-state index in [4.69, 9.17) is 4.84 Å². The van der Waals surface area contributed by atoms with Gasteiger partial charge in [0.05, 0.1) is 5.60 Å². The molecule has 1 saturated carbocycles. The molecule has 1 rings (SSSR count). The third-order valence-electron chi connectivity index (χ3n) is 4.59. The van der Waals surface area contributed by atoms with E-state index in [0.717, 1.165) is 6.42 Å². The summed E-state index contributed by atoms with van der Waals surface area (Å²) >= 11 is 0. The Hall–Kier alpha value is -0.0800. The SMILES string of the molecule is CCCC(CC)N(OC(C)(C)CC)C1CCCCC1. The largest absolute Gasteiger partial charge is 0.292 e. The summed E-state index contributed by atoms with van der Waals surface area (Å²) in [7, 11) is 0. The van der Waals surface area contributed by atoms with Gasteiger partial charge in [-0.15, -0.1) is 0 Å².